The Morgan fingerprint density at radius 3 is 2.45 bits per heavy atom. The lowest BCUT2D eigenvalue weighted by molar-refractivity contribution is -0.388. The van der Waals surface area contributed by atoms with Crippen molar-refractivity contribution in [3.63, 3.8) is 0 Å². The lowest BCUT2D eigenvalue weighted by atomic mass is 10.0. The minimum absolute atomic E-state index is 0.0875. The first-order chi connectivity index (χ1) is 10.1. The maximum Gasteiger partial charge on any atom is 0.422 e. The van der Waals surface area contributed by atoms with E-state index in [-0.39, 0.29) is 6.61 Å². The first-order valence-corrected chi connectivity index (χ1v) is 5.97. The monoisotopic (exact) mass is 323 g/mol. The number of carbonyl (C=O) groups excluding carboxylic acids is 1. The van der Waals surface area contributed by atoms with Crippen molar-refractivity contribution in [2.24, 2.45) is 0 Å². The van der Waals surface area contributed by atoms with Gasteiger partial charge in [-0.15, -0.1) is 0 Å². The second-order valence-corrected chi connectivity index (χ2v) is 4.17. The number of halogens is 3. The molecule has 0 aromatic heterocycles. The molecule has 1 aromatic carbocycles. The first-order valence-electron chi connectivity index (χ1n) is 5.97. The topological polar surface area (TPSA) is 110 Å². The van der Waals surface area contributed by atoms with Gasteiger partial charge in [0.05, 0.1) is 11.5 Å². The number of nitro groups is 1. The normalized spacial score (nSPS) is 14.3. The molecule has 0 aliphatic rings. The van der Waals surface area contributed by atoms with Gasteiger partial charge in [0, 0.05) is 6.07 Å². The molecule has 2 unspecified atom stereocenters. The summed E-state index contributed by atoms with van der Waals surface area (Å²) in [6.45, 7) is 1.36. The highest BCUT2D eigenvalue weighted by atomic mass is 19.4. The molecule has 0 saturated carbocycles. The fraction of sp³-hybridized carbons (Fsp3) is 0.417. The summed E-state index contributed by atoms with van der Waals surface area (Å²) in [5.41, 5.74) is -3.21. The predicted octanol–water partition coefficient (Wildman–Crippen LogP) is 1.57. The number of alkyl halides is 3. The van der Waals surface area contributed by atoms with Crippen molar-refractivity contribution in [1.82, 2.24) is 0 Å². The van der Waals surface area contributed by atoms with E-state index in [2.05, 4.69) is 4.74 Å². The molecule has 0 fully saturated rings. The molecule has 22 heavy (non-hydrogen) atoms. The maximum atomic E-state index is 12.6. The quantitative estimate of drug-likeness (QED) is 0.483. The summed E-state index contributed by atoms with van der Waals surface area (Å²) in [6.07, 6.45) is -8.98. The Balaban J connectivity index is 3.19. The van der Waals surface area contributed by atoms with E-state index in [1.807, 2.05) is 0 Å². The largest absolute Gasteiger partial charge is 0.464 e. The lowest BCUT2D eigenvalue weighted by Gasteiger charge is -2.17. The number of nitrogens with zero attached hydrogens (tertiary/aromatic N) is 1. The fourth-order valence-corrected chi connectivity index (χ4v) is 1.66. The van der Waals surface area contributed by atoms with Crippen LogP contribution in [0.5, 0.6) is 0 Å². The predicted molar refractivity (Wildman–Crippen MR) is 65.7 cm³/mol. The van der Waals surface area contributed by atoms with Gasteiger partial charge in [0.15, 0.2) is 6.10 Å². The van der Waals surface area contributed by atoms with Crippen LogP contribution in [0.2, 0.25) is 0 Å². The Bertz CT molecular complexity index is 574. The van der Waals surface area contributed by atoms with Gasteiger partial charge in [0.1, 0.15) is 11.7 Å². The molecule has 0 amide bonds. The van der Waals surface area contributed by atoms with Crippen LogP contribution >= 0.6 is 0 Å². The van der Waals surface area contributed by atoms with Crippen molar-refractivity contribution >= 4 is 11.7 Å². The molecule has 0 aliphatic heterocycles. The molecule has 7 nitrogen and oxygen atoms in total. The van der Waals surface area contributed by atoms with Gasteiger partial charge < -0.3 is 14.9 Å². The lowest BCUT2D eigenvalue weighted by Crippen LogP contribution is -2.30. The molecular formula is C12H12F3NO6. The Morgan fingerprint density at radius 1 is 1.41 bits per heavy atom. The van der Waals surface area contributed by atoms with Crippen molar-refractivity contribution in [1.29, 1.82) is 0 Å². The van der Waals surface area contributed by atoms with Gasteiger partial charge in [-0.3, -0.25) is 10.1 Å². The maximum absolute atomic E-state index is 12.6. The van der Waals surface area contributed by atoms with Gasteiger partial charge in [0.2, 0.25) is 0 Å². The Morgan fingerprint density at radius 2 is 2.00 bits per heavy atom. The highest BCUT2D eigenvalue weighted by Crippen LogP contribution is 2.37. The van der Waals surface area contributed by atoms with E-state index >= 15 is 0 Å². The summed E-state index contributed by atoms with van der Waals surface area (Å²) in [6, 6.07) is 1.59. The third-order valence-electron chi connectivity index (χ3n) is 2.69. The number of nitro benzene ring substituents is 1. The minimum Gasteiger partial charge on any atom is -0.464 e. The summed E-state index contributed by atoms with van der Waals surface area (Å²) in [7, 11) is 0. The average molecular weight is 323 g/mol. The average Bonchev–Trinajstić information content (AvgIpc) is 2.44. The number of aliphatic hydroxyl groups excluding tert-OH is 2. The number of aliphatic hydroxyl groups is 2. The molecule has 122 valence electrons. The Labute approximate surface area is 122 Å². The van der Waals surface area contributed by atoms with Crippen LogP contribution in [0.4, 0.5) is 18.9 Å². The SMILES string of the molecule is CCOC(=O)C(O)C(O)c1ccc(C(F)(F)F)c([N+](=O)[O-])c1. The minimum atomic E-state index is -4.95. The molecule has 0 bridgehead atoms. The molecule has 10 heteroatoms. The molecule has 2 N–H and O–H groups in total. The van der Waals surface area contributed by atoms with E-state index in [4.69, 9.17) is 0 Å². The Hall–Kier alpha value is -2.20. The van der Waals surface area contributed by atoms with E-state index < -0.39 is 46.1 Å². The van der Waals surface area contributed by atoms with Crippen molar-refractivity contribution in [2.75, 3.05) is 6.61 Å². The van der Waals surface area contributed by atoms with Crippen molar-refractivity contribution in [3.05, 3.63) is 39.4 Å². The third kappa shape index (κ3) is 3.92. The smallest absolute Gasteiger partial charge is 0.422 e. The molecule has 0 radical (unpaired) electrons. The van der Waals surface area contributed by atoms with Crippen LogP contribution in [-0.2, 0) is 15.7 Å². The number of rotatable bonds is 5. The van der Waals surface area contributed by atoms with Gasteiger partial charge >= 0.3 is 12.1 Å². The van der Waals surface area contributed by atoms with Crippen molar-refractivity contribution < 1.29 is 37.8 Å². The number of esters is 1. The van der Waals surface area contributed by atoms with Gasteiger partial charge in [-0.2, -0.15) is 13.2 Å². The second-order valence-electron chi connectivity index (χ2n) is 4.17. The highest BCUT2D eigenvalue weighted by Gasteiger charge is 2.39. The molecular weight excluding hydrogens is 311 g/mol. The molecule has 0 spiro atoms. The summed E-state index contributed by atoms with van der Waals surface area (Å²) < 4.78 is 42.4. The zero-order valence-electron chi connectivity index (χ0n) is 11.2. The Kier molecular flexibility index (Phi) is 5.44. The van der Waals surface area contributed by atoms with Crippen LogP contribution in [0, 0.1) is 10.1 Å². The molecule has 0 heterocycles. The van der Waals surface area contributed by atoms with Crippen LogP contribution in [0.1, 0.15) is 24.2 Å². The van der Waals surface area contributed by atoms with Crippen LogP contribution in [0.15, 0.2) is 18.2 Å². The van der Waals surface area contributed by atoms with E-state index in [1.54, 1.807) is 0 Å². The van der Waals surface area contributed by atoms with Crippen LogP contribution in [-0.4, -0.2) is 33.8 Å². The summed E-state index contributed by atoms with van der Waals surface area (Å²) in [4.78, 5) is 20.7. The van der Waals surface area contributed by atoms with E-state index in [0.717, 1.165) is 6.07 Å². The standard InChI is InChI=1S/C12H12F3NO6/c1-2-22-11(19)10(18)9(17)6-3-4-7(12(13,14)15)8(5-6)16(20)21/h3-5,9-10,17-18H,2H2,1H3. The summed E-state index contributed by atoms with van der Waals surface area (Å²) in [5, 5.41) is 30.0. The number of carbonyl (C=O) groups is 1. The zero-order chi connectivity index (χ0) is 17.1. The van der Waals surface area contributed by atoms with Gasteiger partial charge in [-0.1, -0.05) is 6.07 Å². The number of benzene rings is 1. The molecule has 1 rings (SSSR count). The van der Waals surface area contributed by atoms with E-state index in [9.17, 15) is 38.3 Å². The van der Waals surface area contributed by atoms with Crippen LogP contribution < -0.4 is 0 Å². The first kappa shape index (κ1) is 17.9. The zero-order valence-corrected chi connectivity index (χ0v) is 11.2. The molecule has 0 saturated heterocycles. The highest BCUT2D eigenvalue weighted by molar-refractivity contribution is 5.75. The molecule has 2 atom stereocenters. The summed E-state index contributed by atoms with van der Waals surface area (Å²) >= 11 is 0. The number of ether oxygens (including phenoxy) is 1. The number of hydrogen-bond donors (Lipinski definition) is 2. The third-order valence-corrected chi connectivity index (χ3v) is 2.69. The van der Waals surface area contributed by atoms with Crippen molar-refractivity contribution in [3.8, 4) is 0 Å². The van der Waals surface area contributed by atoms with Gasteiger partial charge in [0.25, 0.3) is 5.69 Å². The summed E-state index contributed by atoms with van der Waals surface area (Å²) in [5.74, 6) is -1.20. The van der Waals surface area contributed by atoms with Gasteiger partial charge in [-0.05, 0) is 18.6 Å². The molecule has 0 aliphatic carbocycles. The molecule has 1 aromatic rings. The number of hydrogen-bond acceptors (Lipinski definition) is 6. The van der Waals surface area contributed by atoms with Gasteiger partial charge in [-0.25, -0.2) is 4.79 Å². The van der Waals surface area contributed by atoms with E-state index in [1.165, 1.54) is 6.92 Å². The second kappa shape index (κ2) is 6.71. The van der Waals surface area contributed by atoms with Crippen LogP contribution in [0.25, 0.3) is 0 Å². The fourth-order valence-electron chi connectivity index (χ4n) is 1.66. The van der Waals surface area contributed by atoms with E-state index in [0.29, 0.717) is 12.1 Å². The van der Waals surface area contributed by atoms with Crippen molar-refractivity contribution in [2.45, 2.75) is 25.3 Å². The van der Waals surface area contributed by atoms with Crippen LogP contribution in [0.3, 0.4) is 0 Å².